The molecule has 30 heavy (non-hydrogen) atoms. The number of benzene rings is 2. The van der Waals surface area contributed by atoms with Crippen LogP contribution in [0.15, 0.2) is 48.5 Å². The molecule has 0 bridgehead atoms. The van der Waals surface area contributed by atoms with Crippen molar-refractivity contribution in [3.8, 4) is 0 Å². The van der Waals surface area contributed by atoms with Gasteiger partial charge in [-0.15, -0.1) is 0 Å². The Labute approximate surface area is 176 Å². The lowest BCUT2D eigenvalue weighted by molar-refractivity contribution is -0.122. The van der Waals surface area contributed by atoms with Gasteiger partial charge in [0.05, 0.1) is 5.56 Å². The number of para-hydroxylation sites is 1. The first-order valence-electron chi connectivity index (χ1n) is 9.81. The van der Waals surface area contributed by atoms with Gasteiger partial charge in [0.25, 0.3) is 5.91 Å². The van der Waals surface area contributed by atoms with E-state index in [1.165, 1.54) is 12.1 Å². The predicted molar refractivity (Wildman–Crippen MR) is 114 cm³/mol. The van der Waals surface area contributed by atoms with Crippen molar-refractivity contribution < 1.29 is 23.9 Å². The first-order valence-corrected chi connectivity index (χ1v) is 9.81. The summed E-state index contributed by atoms with van der Waals surface area (Å²) in [6.07, 6.45) is 0.200. The van der Waals surface area contributed by atoms with E-state index in [0.29, 0.717) is 5.69 Å². The molecule has 7 heteroatoms. The number of carbonyl (C=O) groups is 3. The lowest BCUT2D eigenvalue weighted by Gasteiger charge is -2.22. The predicted octanol–water partition coefficient (Wildman–Crippen LogP) is 4.17. The summed E-state index contributed by atoms with van der Waals surface area (Å²) < 4.78 is 10.4. The standard InChI is InChI=1S/C23H26N2O5/c1-15-13-17-7-5-6-8-19(17)25(15)20(26)14-29-21(27)16-9-11-18(12-10-16)24-22(28)30-23(2,3)4/h5-12,15H,13-14H2,1-4H3,(H,24,28)/t15-/m0/s1. The van der Waals surface area contributed by atoms with Gasteiger partial charge >= 0.3 is 12.1 Å². The van der Waals surface area contributed by atoms with Crippen LogP contribution in [-0.2, 0) is 20.7 Å². The molecule has 0 radical (unpaired) electrons. The van der Waals surface area contributed by atoms with Gasteiger partial charge in [-0.2, -0.15) is 0 Å². The zero-order valence-electron chi connectivity index (χ0n) is 17.6. The molecule has 2 amide bonds. The molecule has 0 unspecified atom stereocenters. The van der Waals surface area contributed by atoms with E-state index < -0.39 is 17.7 Å². The number of hydrogen-bond donors (Lipinski definition) is 1. The number of amides is 2. The summed E-state index contributed by atoms with van der Waals surface area (Å²) in [5, 5.41) is 2.59. The summed E-state index contributed by atoms with van der Waals surface area (Å²) >= 11 is 0. The molecule has 1 heterocycles. The fourth-order valence-electron chi connectivity index (χ4n) is 3.34. The Hall–Kier alpha value is -3.35. The number of hydrogen-bond acceptors (Lipinski definition) is 5. The van der Waals surface area contributed by atoms with Crippen molar-refractivity contribution in [3.63, 3.8) is 0 Å². The van der Waals surface area contributed by atoms with Gasteiger partial charge in [-0.3, -0.25) is 10.1 Å². The molecule has 0 saturated carbocycles. The van der Waals surface area contributed by atoms with Crippen LogP contribution in [0.5, 0.6) is 0 Å². The van der Waals surface area contributed by atoms with Gasteiger partial charge in [0.15, 0.2) is 6.61 Å². The van der Waals surface area contributed by atoms with Crippen LogP contribution >= 0.6 is 0 Å². The molecule has 7 nitrogen and oxygen atoms in total. The maximum Gasteiger partial charge on any atom is 0.412 e. The van der Waals surface area contributed by atoms with Gasteiger partial charge in [-0.05, 0) is 70.0 Å². The van der Waals surface area contributed by atoms with Crippen LogP contribution in [0.2, 0.25) is 0 Å². The van der Waals surface area contributed by atoms with Crippen molar-refractivity contribution in [1.29, 1.82) is 0 Å². The second-order valence-electron chi connectivity index (χ2n) is 8.23. The van der Waals surface area contributed by atoms with Gasteiger partial charge < -0.3 is 14.4 Å². The molecule has 0 aromatic heterocycles. The molecule has 0 saturated heterocycles. The second-order valence-corrected chi connectivity index (χ2v) is 8.23. The molecule has 1 atom stereocenters. The minimum atomic E-state index is -0.604. The molecule has 2 aromatic carbocycles. The molecule has 158 valence electrons. The highest BCUT2D eigenvalue weighted by Crippen LogP contribution is 2.31. The van der Waals surface area contributed by atoms with E-state index in [9.17, 15) is 14.4 Å². The Bertz CT molecular complexity index is 947. The Morgan fingerprint density at radius 3 is 2.40 bits per heavy atom. The van der Waals surface area contributed by atoms with Crippen LogP contribution in [0.1, 0.15) is 43.6 Å². The second kappa shape index (κ2) is 8.57. The number of esters is 1. The zero-order valence-corrected chi connectivity index (χ0v) is 17.6. The minimum absolute atomic E-state index is 0.0202. The number of anilines is 2. The highest BCUT2D eigenvalue weighted by Gasteiger charge is 2.31. The smallest absolute Gasteiger partial charge is 0.412 e. The fourth-order valence-corrected chi connectivity index (χ4v) is 3.34. The van der Waals surface area contributed by atoms with Crippen LogP contribution < -0.4 is 10.2 Å². The van der Waals surface area contributed by atoms with E-state index >= 15 is 0 Å². The van der Waals surface area contributed by atoms with Crippen molar-refractivity contribution in [2.45, 2.75) is 45.8 Å². The summed E-state index contributed by atoms with van der Waals surface area (Å²) in [7, 11) is 0. The van der Waals surface area contributed by atoms with E-state index in [-0.39, 0.29) is 24.1 Å². The molecular formula is C23H26N2O5. The van der Waals surface area contributed by atoms with Gasteiger partial charge in [-0.1, -0.05) is 18.2 Å². The van der Waals surface area contributed by atoms with Crippen molar-refractivity contribution in [2.75, 3.05) is 16.8 Å². The largest absolute Gasteiger partial charge is 0.452 e. The van der Waals surface area contributed by atoms with Crippen molar-refractivity contribution >= 4 is 29.3 Å². The Kier molecular flexibility index (Phi) is 6.10. The third kappa shape index (κ3) is 5.17. The number of rotatable bonds is 4. The lowest BCUT2D eigenvalue weighted by atomic mass is 10.1. The molecule has 2 aromatic rings. The van der Waals surface area contributed by atoms with Gasteiger partial charge in [0.2, 0.25) is 0 Å². The molecule has 1 aliphatic rings. The molecule has 1 aliphatic heterocycles. The van der Waals surface area contributed by atoms with E-state index in [1.807, 2.05) is 31.2 Å². The lowest BCUT2D eigenvalue weighted by Crippen LogP contribution is -2.38. The third-order valence-corrected chi connectivity index (χ3v) is 4.57. The summed E-state index contributed by atoms with van der Waals surface area (Å²) in [5.74, 6) is -0.865. The number of fused-ring (bicyclic) bond motifs is 1. The summed E-state index contributed by atoms with van der Waals surface area (Å²) in [5.41, 5.74) is 2.14. The molecule has 0 aliphatic carbocycles. The van der Waals surface area contributed by atoms with E-state index in [4.69, 9.17) is 9.47 Å². The van der Waals surface area contributed by atoms with Gasteiger partial charge in [0.1, 0.15) is 5.60 Å². The van der Waals surface area contributed by atoms with Crippen LogP contribution in [0.25, 0.3) is 0 Å². The third-order valence-electron chi connectivity index (χ3n) is 4.57. The maximum absolute atomic E-state index is 12.6. The summed E-state index contributed by atoms with van der Waals surface area (Å²) in [6.45, 7) is 6.95. The number of nitrogens with zero attached hydrogens (tertiary/aromatic N) is 1. The quantitative estimate of drug-likeness (QED) is 0.765. The normalized spacial score (nSPS) is 15.3. The zero-order chi connectivity index (χ0) is 21.9. The number of carbonyl (C=O) groups excluding carboxylic acids is 3. The van der Waals surface area contributed by atoms with Crippen molar-refractivity contribution in [2.24, 2.45) is 0 Å². The molecule has 3 rings (SSSR count). The van der Waals surface area contributed by atoms with E-state index in [0.717, 1.165) is 17.7 Å². The first kappa shape index (κ1) is 21.4. The first-order chi connectivity index (χ1) is 14.1. The highest BCUT2D eigenvalue weighted by atomic mass is 16.6. The average molecular weight is 410 g/mol. The number of nitrogens with one attached hydrogen (secondary N) is 1. The SMILES string of the molecule is C[C@H]1Cc2ccccc2N1C(=O)COC(=O)c1ccc(NC(=O)OC(C)(C)C)cc1. The van der Waals surface area contributed by atoms with E-state index in [2.05, 4.69) is 5.32 Å². The highest BCUT2D eigenvalue weighted by molar-refractivity contribution is 5.99. The Morgan fingerprint density at radius 2 is 1.73 bits per heavy atom. The molecule has 1 N–H and O–H groups in total. The Balaban J connectivity index is 1.55. The molecule has 0 spiro atoms. The topological polar surface area (TPSA) is 84.9 Å². The average Bonchev–Trinajstić information content (AvgIpc) is 3.00. The van der Waals surface area contributed by atoms with Crippen molar-refractivity contribution in [3.05, 3.63) is 59.7 Å². The monoisotopic (exact) mass is 410 g/mol. The van der Waals surface area contributed by atoms with Crippen LogP contribution in [0.3, 0.4) is 0 Å². The Morgan fingerprint density at radius 1 is 1.07 bits per heavy atom. The van der Waals surface area contributed by atoms with Crippen LogP contribution in [-0.4, -0.2) is 36.2 Å². The summed E-state index contributed by atoms with van der Waals surface area (Å²) in [4.78, 5) is 38.4. The molecule has 0 fully saturated rings. The fraction of sp³-hybridized carbons (Fsp3) is 0.348. The molecular weight excluding hydrogens is 384 g/mol. The van der Waals surface area contributed by atoms with Crippen molar-refractivity contribution in [1.82, 2.24) is 0 Å². The van der Waals surface area contributed by atoms with Crippen LogP contribution in [0, 0.1) is 0 Å². The van der Waals surface area contributed by atoms with Gasteiger partial charge in [-0.25, -0.2) is 9.59 Å². The van der Waals surface area contributed by atoms with Crippen LogP contribution in [0.4, 0.5) is 16.2 Å². The minimum Gasteiger partial charge on any atom is -0.452 e. The number of ether oxygens (including phenoxy) is 2. The maximum atomic E-state index is 12.6. The van der Waals surface area contributed by atoms with Gasteiger partial charge in [0, 0.05) is 17.4 Å². The van der Waals surface area contributed by atoms with E-state index in [1.54, 1.807) is 37.8 Å². The summed E-state index contributed by atoms with van der Waals surface area (Å²) in [6, 6.07) is 13.9.